The van der Waals surface area contributed by atoms with Crippen molar-refractivity contribution in [2.75, 3.05) is 38.7 Å². The van der Waals surface area contributed by atoms with Gasteiger partial charge in [-0.1, -0.05) is 24.3 Å². The van der Waals surface area contributed by atoms with Gasteiger partial charge >= 0.3 is 0 Å². The number of anilines is 1. The molecule has 1 aliphatic carbocycles. The third-order valence-electron chi connectivity index (χ3n) is 4.79. The van der Waals surface area contributed by atoms with Crippen molar-refractivity contribution in [1.82, 2.24) is 4.90 Å². The molecule has 0 radical (unpaired) electrons. The van der Waals surface area contributed by atoms with E-state index < -0.39 is 0 Å². The van der Waals surface area contributed by atoms with E-state index in [1.165, 1.54) is 42.4 Å². The Balaban J connectivity index is 1.48. The Morgan fingerprint density at radius 1 is 1.09 bits per heavy atom. The smallest absolute Gasteiger partial charge is 0.127 e. The Morgan fingerprint density at radius 3 is 2.59 bits per heavy atom. The summed E-state index contributed by atoms with van der Waals surface area (Å²) < 4.78 is 6.15. The van der Waals surface area contributed by atoms with E-state index in [4.69, 9.17) is 4.74 Å². The van der Waals surface area contributed by atoms with Crippen LogP contribution in [0.3, 0.4) is 0 Å². The summed E-state index contributed by atoms with van der Waals surface area (Å²) in [6.45, 7) is 3.32. The van der Waals surface area contributed by atoms with Gasteiger partial charge in [-0.15, -0.1) is 0 Å². The normalized spacial score (nSPS) is 23.5. The summed E-state index contributed by atoms with van der Waals surface area (Å²) >= 11 is 0. The largest absolute Gasteiger partial charge is 0.491 e. The van der Waals surface area contributed by atoms with Crippen LogP contribution in [-0.2, 0) is 0 Å². The minimum absolute atomic E-state index is 0.632. The van der Waals surface area contributed by atoms with Crippen molar-refractivity contribution in [3.63, 3.8) is 0 Å². The van der Waals surface area contributed by atoms with Crippen LogP contribution in [0.25, 0.3) is 10.8 Å². The lowest BCUT2D eigenvalue weighted by molar-refractivity contribution is 0.295. The Labute approximate surface area is 132 Å². The van der Waals surface area contributed by atoms with E-state index in [1.807, 2.05) is 0 Å². The van der Waals surface area contributed by atoms with E-state index in [0.29, 0.717) is 6.04 Å². The fraction of sp³-hybridized carbons (Fsp3) is 0.474. The van der Waals surface area contributed by atoms with Crippen molar-refractivity contribution in [2.24, 2.45) is 5.92 Å². The predicted molar refractivity (Wildman–Crippen MR) is 91.9 cm³/mol. The molecule has 1 heterocycles. The van der Waals surface area contributed by atoms with Gasteiger partial charge in [0.05, 0.1) is 6.04 Å². The Hall–Kier alpha value is -1.74. The van der Waals surface area contributed by atoms with Gasteiger partial charge in [0.25, 0.3) is 0 Å². The third kappa shape index (κ3) is 2.78. The molecule has 0 bridgehead atoms. The Kier molecular flexibility index (Phi) is 3.45. The van der Waals surface area contributed by atoms with Crippen molar-refractivity contribution in [3.8, 4) is 5.75 Å². The summed E-state index contributed by atoms with van der Waals surface area (Å²) in [6.07, 6.45) is 2.86. The number of fused-ring (bicyclic) bond motifs is 1. The zero-order chi connectivity index (χ0) is 15.1. The highest BCUT2D eigenvalue weighted by Gasteiger charge is 2.38. The molecule has 3 heteroatoms. The fourth-order valence-corrected chi connectivity index (χ4v) is 3.19. The number of rotatable bonds is 6. The second-order valence-electron chi connectivity index (χ2n) is 6.88. The van der Waals surface area contributed by atoms with Crippen LogP contribution in [-0.4, -0.2) is 44.7 Å². The zero-order valence-electron chi connectivity index (χ0n) is 13.5. The summed E-state index contributed by atoms with van der Waals surface area (Å²) in [5.41, 5.74) is 1.24. The van der Waals surface area contributed by atoms with Crippen molar-refractivity contribution < 1.29 is 4.74 Å². The molecule has 0 N–H and O–H groups in total. The van der Waals surface area contributed by atoms with Gasteiger partial charge < -0.3 is 9.64 Å². The molecule has 1 aliphatic heterocycles. The summed E-state index contributed by atoms with van der Waals surface area (Å²) in [5, 5.41) is 2.47. The van der Waals surface area contributed by atoms with Gasteiger partial charge in [-0.2, -0.15) is 0 Å². The van der Waals surface area contributed by atoms with Gasteiger partial charge in [-0.3, -0.25) is 4.90 Å². The lowest BCUT2D eigenvalue weighted by Gasteiger charge is -2.17. The average molecular weight is 296 g/mol. The van der Waals surface area contributed by atoms with Crippen LogP contribution in [0, 0.1) is 5.92 Å². The lowest BCUT2D eigenvalue weighted by atomic mass is 10.1. The van der Waals surface area contributed by atoms with E-state index in [2.05, 4.69) is 60.3 Å². The summed E-state index contributed by atoms with van der Waals surface area (Å²) in [4.78, 5) is 4.71. The van der Waals surface area contributed by atoms with E-state index in [1.54, 1.807) is 0 Å². The van der Waals surface area contributed by atoms with Crippen molar-refractivity contribution in [2.45, 2.75) is 18.9 Å². The van der Waals surface area contributed by atoms with Gasteiger partial charge in [0.15, 0.2) is 0 Å². The van der Waals surface area contributed by atoms with Gasteiger partial charge in [-0.25, -0.2) is 0 Å². The number of hydrogen-bond donors (Lipinski definition) is 0. The highest BCUT2D eigenvalue weighted by Crippen LogP contribution is 2.35. The molecule has 2 atom stereocenters. The molecular weight excluding hydrogens is 272 g/mol. The number of benzene rings is 2. The van der Waals surface area contributed by atoms with Gasteiger partial charge in [0.1, 0.15) is 12.4 Å². The highest BCUT2D eigenvalue weighted by atomic mass is 16.5. The van der Waals surface area contributed by atoms with Crippen molar-refractivity contribution in [3.05, 3.63) is 36.4 Å². The maximum absolute atomic E-state index is 6.15. The monoisotopic (exact) mass is 296 g/mol. The lowest BCUT2D eigenvalue weighted by Crippen LogP contribution is -2.13. The van der Waals surface area contributed by atoms with Crippen LogP contribution in [0.4, 0.5) is 5.69 Å². The van der Waals surface area contributed by atoms with Gasteiger partial charge in [-0.05, 0) is 30.9 Å². The molecular formula is C19H24N2O. The maximum Gasteiger partial charge on any atom is 0.127 e. The molecule has 116 valence electrons. The number of hydrogen-bond acceptors (Lipinski definition) is 3. The van der Waals surface area contributed by atoms with E-state index in [-0.39, 0.29) is 0 Å². The number of nitrogens with zero attached hydrogens (tertiary/aromatic N) is 2. The molecule has 0 aromatic heterocycles. The highest BCUT2D eigenvalue weighted by molar-refractivity contribution is 5.98. The molecule has 22 heavy (non-hydrogen) atoms. The number of ether oxygens (including phenoxy) is 1. The fourth-order valence-electron chi connectivity index (χ4n) is 3.19. The third-order valence-corrected chi connectivity index (χ3v) is 4.79. The first-order chi connectivity index (χ1) is 10.7. The van der Waals surface area contributed by atoms with Crippen molar-refractivity contribution >= 4 is 16.5 Å². The predicted octanol–water partition coefficient (Wildman–Crippen LogP) is 3.38. The zero-order valence-corrected chi connectivity index (χ0v) is 13.5. The second-order valence-corrected chi connectivity index (χ2v) is 6.88. The van der Waals surface area contributed by atoms with E-state index in [0.717, 1.165) is 18.3 Å². The van der Waals surface area contributed by atoms with Gasteiger partial charge in [0, 0.05) is 43.6 Å². The molecule has 2 aliphatic rings. The van der Waals surface area contributed by atoms with Crippen LogP contribution in [0.2, 0.25) is 0 Å². The molecule has 2 fully saturated rings. The first-order valence-electron chi connectivity index (χ1n) is 8.28. The van der Waals surface area contributed by atoms with Crippen LogP contribution < -0.4 is 9.64 Å². The quantitative estimate of drug-likeness (QED) is 0.760. The van der Waals surface area contributed by atoms with Crippen LogP contribution in [0.1, 0.15) is 12.8 Å². The standard InChI is InChI=1S/C19H24N2O/c1-20(2)18-9-10-19(17-6-4-3-5-16(17)18)22-13-15-12-21(15)11-14-7-8-14/h3-6,9-10,14-15H,7-8,11-13H2,1-2H3. The summed E-state index contributed by atoms with van der Waals surface area (Å²) in [6, 6.07) is 13.4. The van der Waals surface area contributed by atoms with Crippen LogP contribution >= 0.6 is 0 Å². The first kappa shape index (κ1) is 13.9. The maximum atomic E-state index is 6.15. The molecule has 2 aromatic rings. The SMILES string of the molecule is CN(C)c1ccc(OCC2CN2CC2CC2)c2ccccc12. The van der Waals surface area contributed by atoms with Crippen LogP contribution in [0.15, 0.2) is 36.4 Å². The molecule has 0 amide bonds. The topological polar surface area (TPSA) is 15.5 Å². The minimum atomic E-state index is 0.632. The molecule has 0 spiro atoms. The van der Waals surface area contributed by atoms with E-state index >= 15 is 0 Å². The molecule has 1 saturated heterocycles. The summed E-state index contributed by atoms with van der Waals surface area (Å²) in [7, 11) is 4.17. The molecule has 3 nitrogen and oxygen atoms in total. The second kappa shape index (κ2) is 5.47. The molecule has 2 aromatic carbocycles. The van der Waals surface area contributed by atoms with Crippen molar-refractivity contribution in [1.29, 1.82) is 0 Å². The molecule has 2 unspecified atom stereocenters. The molecule has 4 rings (SSSR count). The first-order valence-corrected chi connectivity index (χ1v) is 8.28. The summed E-state index contributed by atoms with van der Waals surface area (Å²) in [5.74, 6) is 1.99. The average Bonchev–Trinajstić information content (AvgIpc) is 3.44. The van der Waals surface area contributed by atoms with Crippen LogP contribution in [0.5, 0.6) is 5.75 Å². The Bertz CT molecular complexity index is 678. The van der Waals surface area contributed by atoms with E-state index in [9.17, 15) is 0 Å². The minimum Gasteiger partial charge on any atom is -0.491 e. The van der Waals surface area contributed by atoms with Gasteiger partial charge in [0.2, 0.25) is 0 Å². The molecule has 1 saturated carbocycles. The Morgan fingerprint density at radius 2 is 1.86 bits per heavy atom.